The molecular formula is C20H15ClFNO2. The maximum atomic E-state index is 13.4. The lowest BCUT2D eigenvalue weighted by Gasteiger charge is -2.35. The van der Waals surface area contributed by atoms with E-state index in [-0.39, 0.29) is 10.9 Å². The first-order valence-electron chi connectivity index (χ1n) is 7.98. The second-order valence-corrected chi connectivity index (χ2v) is 6.64. The summed E-state index contributed by atoms with van der Waals surface area (Å²) in [5.41, 5.74) is 2.34. The maximum absolute atomic E-state index is 13.4. The van der Waals surface area contributed by atoms with Gasteiger partial charge in [0.15, 0.2) is 0 Å². The van der Waals surface area contributed by atoms with Crippen LogP contribution in [-0.2, 0) is 0 Å². The minimum absolute atomic E-state index is 0.0811. The number of carbonyl (C=O) groups excluding carboxylic acids is 1. The van der Waals surface area contributed by atoms with Crippen LogP contribution in [0.3, 0.4) is 0 Å². The summed E-state index contributed by atoms with van der Waals surface area (Å²) in [7, 11) is 0. The molecule has 1 fully saturated rings. The standard InChI is InChI=1S/C20H15ClFNO2/c21-18-9-13(5-7-19(18)22)16-3-1-2-12-8-14(4-6-17(12)16)20(25)23-10-15(24)11-23/h1-9,15,24H,10-11H2. The Labute approximate surface area is 149 Å². The minimum atomic E-state index is -0.449. The number of hydrogen-bond donors (Lipinski definition) is 1. The fourth-order valence-corrected chi connectivity index (χ4v) is 3.32. The van der Waals surface area contributed by atoms with Crippen LogP contribution in [-0.4, -0.2) is 35.1 Å². The van der Waals surface area contributed by atoms with Crippen LogP contribution in [0, 0.1) is 5.82 Å². The third kappa shape index (κ3) is 2.88. The van der Waals surface area contributed by atoms with E-state index in [2.05, 4.69) is 0 Å². The summed E-state index contributed by atoms with van der Waals surface area (Å²) in [4.78, 5) is 14.0. The summed E-state index contributed by atoms with van der Waals surface area (Å²) in [6.45, 7) is 0.760. The van der Waals surface area contributed by atoms with Gasteiger partial charge in [-0.15, -0.1) is 0 Å². The lowest BCUT2D eigenvalue weighted by Crippen LogP contribution is -2.53. The summed E-state index contributed by atoms with van der Waals surface area (Å²) in [5, 5.41) is 11.3. The van der Waals surface area contributed by atoms with Crippen molar-refractivity contribution in [3.8, 4) is 11.1 Å². The normalized spacial score (nSPS) is 14.6. The SMILES string of the molecule is O=C(c1ccc2c(-c3ccc(F)c(Cl)c3)cccc2c1)N1CC(O)C1. The molecule has 1 aliphatic heterocycles. The van der Waals surface area contributed by atoms with Crippen LogP contribution in [0.15, 0.2) is 54.6 Å². The van der Waals surface area contributed by atoms with Crippen LogP contribution in [0.4, 0.5) is 4.39 Å². The summed E-state index contributed by atoms with van der Waals surface area (Å²) in [6.07, 6.45) is -0.417. The smallest absolute Gasteiger partial charge is 0.254 e. The van der Waals surface area contributed by atoms with Gasteiger partial charge in [-0.1, -0.05) is 41.9 Å². The first-order chi connectivity index (χ1) is 12.0. The van der Waals surface area contributed by atoms with E-state index >= 15 is 0 Å². The molecule has 1 heterocycles. The van der Waals surface area contributed by atoms with Gasteiger partial charge in [-0.25, -0.2) is 4.39 Å². The molecule has 3 nitrogen and oxygen atoms in total. The molecule has 1 aliphatic rings. The zero-order valence-electron chi connectivity index (χ0n) is 13.2. The van der Waals surface area contributed by atoms with E-state index in [0.717, 1.165) is 21.9 Å². The van der Waals surface area contributed by atoms with Crippen molar-refractivity contribution >= 4 is 28.3 Å². The number of benzene rings is 3. The Bertz CT molecular complexity index is 983. The number of hydrogen-bond acceptors (Lipinski definition) is 2. The monoisotopic (exact) mass is 355 g/mol. The van der Waals surface area contributed by atoms with Gasteiger partial charge in [-0.2, -0.15) is 0 Å². The van der Waals surface area contributed by atoms with Gasteiger partial charge < -0.3 is 10.0 Å². The fraction of sp³-hybridized carbons (Fsp3) is 0.150. The first-order valence-corrected chi connectivity index (χ1v) is 8.36. The van der Waals surface area contributed by atoms with E-state index in [1.54, 1.807) is 23.1 Å². The largest absolute Gasteiger partial charge is 0.389 e. The average Bonchev–Trinajstić information content (AvgIpc) is 2.60. The van der Waals surface area contributed by atoms with Crippen molar-refractivity contribution in [3.05, 3.63) is 71.0 Å². The zero-order chi connectivity index (χ0) is 17.6. The van der Waals surface area contributed by atoms with Crippen molar-refractivity contribution in [1.29, 1.82) is 0 Å². The minimum Gasteiger partial charge on any atom is -0.389 e. The molecule has 0 aromatic heterocycles. The van der Waals surface area contributed by atoms with Gasteiger partial charge in [0.2, 0.25) is 0 Å². The highest BCUT2D eigenvalue weighted by molar-refractivity contribution is 6.31. The number of aliphatic hydroxyl groups excluding tert-OH is 1. The van der Waals surface area contributed by atoms with Gasteiger partial charge in [0.05, 0.1) is 11.1 Å². The Morgan fingerprint density at radius 3 is 2.64 bits per heavy atom. The van der Waals surface area contributed by atoms with Crippen LogP contribution in [0.1, 0.15) is 10.4 Å². The first kappa shape index (κ1) is 16.1. The Hall–Kier alpha value is -2.43. The molecule has 0 atom stereocenters. The Morgan fingerprint density at radius 1 is 1.12 bits per heavy atom. The number of halogens is 2. The molecule has 0 bridgehead atoms. The molecule has 4 rings (SSSR count). The van der Waals surface area contributed by atoms with Gasteiger partial charge in [0, 0.05) is 18.7 Å². The van der Waals surface area contributed by atoms with Gasteiger partial charge in [0.1, 0.15) is 5.82 Å². The lowest BCUT2D eigenvalue weighted by molar-refractivity contribution is 0.00591. The number of β-amino-alcohol motifs (C(OH)–C–C–N with tert-alkyl or cyclic N) is 1. The predicted molar refractivity (Wildman–Crippen MR) is 96.3 cm³/mol. The molecule has 0 aliphatic carbocycles. The van der Waals surface area contributed by atoms with Crippen LogP contribution in [0.5, 0.6) is 0 Å². The average molecular weight is 356 g/mol. The number of nitrogens with zero attached hydrogens (tertiary/aromatic N) is 1. The van der Waals surface area contributed by atoms with E-state index in [0.29, 0.717) is 18.7 Å². The van der Waals surface area contributed by atoms with Crippen LogP contribution in [0.2, 0.25) is 5.02 Å². The highest BCUT2D eigenvalue weighted by atomic mass is 35.5. The van der Waals surface area contributed by atoms with E-state index in [9.17, 15) is 14.3 Å². The van der Waals surface area contributed by atoms with E-state index in [1.807, 2.05) is 30.3 Å². The summed E-state index contributed by atoms with van der Waals surface area (Å²) in [5.74, 6) is -0.530. The lowest BCUT2D eigenvalue weighted by atomic mass is 9.96. The summed E-state index contributed by atoms with van der Waals surface area (Å²) >= 11 is 5.91. The highest BCUT2D eigenvalue weighted by Crippen LogP contribution is 2.32. The van der Waals surface area contributed by atoms with Crippen molar-refractivity contribution < 1.29 is 14.3 Å². The second-order valence-electron chi connectivity index (χ2n) is 6.23. The number of aliphatic hydroxyl groups is 1. The molecule has 5 heteroatoms. The Balaban J connectivity index is 1.75. The van der Waals surface area contributed by atoms with Crippen molar-refractivity contribution in [3.63, 3.8) is 0 Å². The van der Waals surface area contributed by atoms with Crippen molar-refractivity contribution in [2.75, 3.05) is 13.1 Å². The number of fused-ring (bicyclic) bond motifs is 1. The van der Waals surface area contributed by atoms with Crippen molar-refractivity contribution in [2.45, 2.75) is 6.10 Å². The number of carbonyl (C=O) groups is 1. The van der Waals surface area contributed by atoms with Crippen LogP contribution in [0.25, 0.3) is 21.9 Å². The van der Waals surface area contributed by atoms with E-state index in [1.165, 1.54) is 6.07 Å². The van der Waals surface area contributed by atoms with Crippen molar-refractivity contribution in [1.82, 2.24) is 4.90 Å². The quantitative estimate of drug-likeness (QED) is 0.751. The van der Waals surface area contributed by atoms with Crippen LogP contribution >= 0.6 is 11.6 Å². The fourth-order valence-electron chi connectivity index (χ4n) is 3.14. The predicted octanol–water partition coefficient (Wildman–Crippen LogP) is 4.12. The summed E-state index contributed by atoms with van der Waals surface area (Å²) < 4.78 is 13.4. The topological polar surface area (TPSA) is 40.5 Å². The molecule has 126 valence electrons. The molecular weight excluding hydrogens is 341 g/mol. The van der Waals surface area contributed by atoms with E-state index in [4.69, 9.17) is 11.6 Å². The molecule has 1 N–H and O–H groups in total. The van der Waals surface area contributed by atoms with Crippen LogP contribution < -0.4 is 0 Å². The zero-order valence-corrected chi connectivity index (χ0v) is 14.0. The third-order valence-electron chi connectivity index (χ3n) is 4.51. The third-order valence-corrected chi connectivity index (χ3v) is 4.80. The van der Waals surface area contributed by atoms with Gasteiger partial charge >= 0.3 is 0 Å². The summed E-state index contributed by atoms with van der Waals surface area (Å²) in [6, 6.07) is 15.9. The molecule has 0 saturated carbocycles. The molecule has 0 spiro atoms. The maximum Gasteiger partial charge on any atom is 0.254 e. The number of likely N-dealkylation sites (tertiary alicyclic amines) is 1. The number of rotatable bonds is 2. The Kier molecular flexibility index (Phi) is 3.94. The molecule has 3 aromatic rings. The molecule has 0 radical (unpaired) electrons. The molecule has 0 unspecified atom stereocenters. The van der Waals surface area contributed by atoms with E-state index < -0.39 is 11.9 Å². The highest BCUT2D eigenvalue weighted by Gasteiger charge is 2.29. The molecule has 3 aromatic carbocycles. The second kappa shape index (κ2) is 6.14. The van der Waals surface area contributed by atoms with Gasteiger partial charge in [0.25, 0.3) is 5.91 Å². The van der Waals surface area contributed by atoms with Gasteiger partial charge in [-0.05, 0) is 46.2 Å². The van der Waals surface area contributed by atoms with Gasteiger partial charge in [-0.3, -0.25) is 4.79 Å². The molecule has 1 saturated heterocycles. The molecule has 25 heavy (non-hydrogen) atoms. The number of amides is 1. The Morgan fingerprint density at radius 2 is 1.92 bits per heavy atom. The molecule has 1 amide bonds. The van der Waals surface area contributed by atoms with Crippen molar-refractivity contribution in [2.24, 2.45) is 0 Å².